The summed E-state index contributed by atoms with van der Waals surface area (Å²) in [6, 6.07) is 4.64. The molecule has 0 aliphatic heterocycles. The van der Waals surface area contributed by atoms with Crippen molar-refractivity contribution >= 4 is 29.4 Å². The van der Waals surface area contributed by atoms with Crippen LogP contribution in [0.25, 0.3) is 0 Å². The number of carbonyl (C=O) groups excluding carboxylic acids is 2. The summed E-state index contributed by atoms with van der Waals surface area (Å²) < 4.78 is 10.4. The molecule has 1 aromatic rings. The fourth-order valence-electron chi connectivity index (χ4n) is 1.59. The minimum absolute atomic E-state index is 0.208. The van der Waals surface area contributed by atoms with Crippen molar-refractivity contribution < 1.29 is 19.1 Å². The minimum atomic E-state index is -0.624. The summed E-state index contributed by atoms with van der Waals surface area (Å²) in [6.07, 6.45) is 1.33. The van der Waals surface area contributed by atoms with Crippen LogP contribution in [0, 0.1) is 0 Å². The Bertz CT molecular complexity index is 537. The molecule has 122 valence electrons. The summed E-state index contributed by atoms with van der Waals surface area (Å²) in [4.78, 5) is 23.6. The smallest absolute Gasteiger partial charge is 0.412 e. The quantitative estimate of drug-likeness (QED) is 0.624. The minimum Gasteiger partial charge on any atom is -0.444 e. The first kappa shape index (κ1) is 18.3. The number of esters is 1. The van der Waals surface area contributed by atoms with Crippen molar-refractivity contribution in [2.24, 2.45) is 0 Å². The Morgan fingerprint density at radius 1 is 1.27 bits per heavy atom. The van der Waals surface area contributed by atoms with Crippen LogP contribution >= 0.6 is 11.6 Å². The van der Waals surface area contributed by atoms with Gasteiger partial charge >= 0.3 is 12.1 Å². The molecule has 6 heteroatoms. The maximum absolute atomic E-state index is 11.8. The molecule has 0 aliphatic rings. The normalized spacial score (nSPS) is 11.0. The van der Waals surface area contributed by atoms with Crippen LogP contribution in [0.15, 0.2) is 18.2 Å². The third-order valence-corrected chi connectivity index (χ3v) is 2.77. The van der Waals surface area contributed by atoms with Gasteiger partial charge in [-0.15, -0.1) is 0 Å². The van der Waals surface area contributed by atoms with Crippen molar-refractivity contribution in [3.05, 3.63) is 23.2 Å². The second-order valence-corrected chi connectivity index (χ2v) is 6.28. The predicted octanol–water partition coefficient (Wildman–Crippen LogP) is 4.78. The predicted molar refractivity (Wildman–Crippen MR) is 86.5 cm³/mol. The van der Waals surface area contributed by atoms with E-state index in [1.54, 1.807) is 32.9 Å². The van der Waals surface area contributed by atoms with E-state index in [0.717, 1.165) is 12.8 Å². The monoisotopic (exact) mass is 327 g/mol. The van der Waals surface area contributed by atoms with Gasteiger partial charge in [-0.1, -0.05) is 24.9 Å². The second kappa shape index (κ2) is 8.03. The van der Waals surface area contributed by atoms with Crippen molar-refractivity contribution in [1.82, 2.24) is 0 Å². The van der Waals surface area contributed by atoms with Gasteiger partial charge in [-0.2, -0.15) is 0 Å². The molecule has 0 saturated carbocycles. The van der Waals surface area contributed by atoms with Crippen LogP contribution in [0.5, 0.6) is 5.75 Å². The average Bonchev–Trinajstić information content (AvgIpc) is 2.37. The molecule has 0 heterocycles. The molecular formula is C16H22ClNO4. The Morgan fingerprint density at radius 3 is 2.55 bits per heavy atom. The molecule has 0 spiro atoms. The van der Waals surface area contributed by atoms with Crippen LogP contribution in [0.1, 0.15) is 47.0 Å². The van der Waals surface area contributed by atoms with Crippen LogP contribution in [-0.2, 0) is 9.53 Å². The molecule has 0 aromatic heterocycles. The van der Waals surface area contributed by atoms with Gasteiger partial charge in [0.15, 0.2) is 5.75 Å². The number of ether oxygens (including phenoxy) is 2. The van der Waals surface area contributed by atoms with Crippen LogP contribution in [-0.4, -0.2) is 17.7 Å². The first-order chi connectivity index (χ1) is 10.2. The number of hydrogen-bond donors (Lipinski definition) is 1. The lowest BCUT2D eigenvalue weighted by molar-refractivity contribution is -0.134. The molecule has 22 heavy (non-hydrogen) atoms. The van der Waals surface area contributed by atoms with E-state index in [1.807, 2.05) is 6.92 Å². The van der Waals surface area contributed by atoms with E-state index < -0.39 is 11.7 Å². The Kier molecular flexibility index (Phi) is 6.68. The topological polar surface area (TPSA) is 64.6 Å². The van der Waals surface area contributed by atoms with Crippen LogP contribution in [0.3, 0.4) is 0 Å². The van der Waals surface area contributed by atoms with Gasteiger partial charge in [0.25, 0.3) is 0 Å². The van der Waals surface area contributed by atoms with E-state index in [0.29, 0.717) is 17.1 Å². The zero-order chi connectivity index (χ0) is 16.8. The highest BCUT2D eigenvalue weighted by Gasteiger charge is 2.18. The number of rotatable bonds is 5. The molecule has 1 aromatic carbocycles. The largest absolute Gasteiger partial charge is 0.444 e. The van der Waals surface area contributed by atoms with Crippen molar-refractivity contribution in [3.8, 4) is 5.75 Å². The lowest BCUT2D eigenvalue weighted by atomic mass is 10.2. The van der Waals surface area contributed by atoms with Gasteiger partial charge in [0, 0.05) is 17.5 Å². The highest BCUT2D eigenvalue weighted by atomic mass is 35.5. The third-order valence-electron chi connectivity index (χ3n) is 2.54. The number of carbonyl (C=O) groups is 2. The van der Waals surface area contributed by atoms with Crippen molar-refractivity contribution in [1.29, 1.82) is 0 Å². The third kappa shape index (κ3) is 6.80. The van der Waals surface area contributed by atoms with Crippen LogP contribution in [0.4, 0.5) is 10.5 Å². The van der Waals surface area contributed by atoms with Crippen molar-refractivity contribution in [2.75, 3.05) is 5.32 Å². The molecule has 0 unspecified atom stereocenters. The summed E-state index contributed by atoms with van der Waals surface area (Å²) in [5.74, 6) is -0.157. The molecule has 1 rings (SSSR count). The number of anilines is 1. The van der Waals surface area contributed by atoms with Gasteiger partial charge < -0.3 is 9.47 Å². The van der Waals surface area contributed by atoms with Gasteiger partial charge in [0.2, 0.25) is 0 Å². The van der Waals surface area contributed by atoms with Gasteiger partial charge in [0.1, 0.15) is 5.60 Å². The first-order valence-corrected chi connectivity index (χ1v) is 7.59. The Morgan fingerprint density at radius 2 is 1.95 bits per heavy atom. The summed E-state index contributed by atoms with van der Waals surface area (Å²) in [5, 5.41) is 2.97. The summed E-state index contributed by atoms with van der Waals surface area (Å²) in [6.45, 7) is 7.28. The zero-order valence-corrected chi connectivity index (χ0v) is 14.1. The average molecular weight is 328 g/mol. The van der Waals surface area contributed by atoms with Crippen LogP contribution < -0.4 is 10.1 Å². The van der Waals surface area contributed by atoms with Gasteiger partial charge in [0.05, 0.1) is 5.69 Å². The highest BCUT2D eigenvalue weighted by molar-refractivity contribution is 6.30. The number of halogens is 1. The molecule has 0 bridgehead atoms. The summed E-state index contributed by atoms with van der Waals surface area (Å²) >= 11 is 5.91. The van der Waals surface area contributed by atoms with Crippen molar-refractivity contribution in [3.63, 3.8) is 0 Å². The van der Waals surface area contributed by atoms with E-state index >= 15 is 0 Å². The van der Waals surface area contributed by atoms with E-state index in [1.165, 1.54) is 6.07 Å². The molecule has 1 N–H and O–H groups in total. The summed E-state index contributed by atoms with van der Waals surface area (Å²) in [5.41, 5.74) is -0.280. The fraction of sp³-hybridized carbons (Fsp3) is 0.500. The van der Waals surface area contributed by atoms with E-state index in [-0.39, 0.29) is 11.7 Å². The summed E-state index contributed by atoms with van der Waals surface area (Å²) in [7, 11) is 0. The molecule has 1 amide bonds. The molecule has 0 radical (unpaired) electrons. The fourth-order valence-corrected chi connectivity index (χ4v) is 1.75. The van der Waals surface area contributed by atoms with E-state index in [4.69, 9.17) is 21.1 Å². The Labute approximate surface area is 135 Å². The molecular weight excluding hydrogens is 306 g/mol. The molecule has 0 aliphatic carbocycles. The highest BCUT2D eigenvalue weighted by Crippen LogP contribution is 2.29. The lowest BCUT2D eigenvalue weighted by Gasteiger charge is -2.20. The van der Waals surface area contributed by atoms with Crippen LogP contribution in [0.2, 0.25) is 5.02 Å². The van der Waals surface area contributed by atoms with Crippen molar-refractivity contribution in [2.45, 2.75) is 52.6 Å². The maximum atomic E-state index is 11.8. The van der Waals surface area contributed by atoms with Gasteiger partial charge in [-0.25, -0.2) is 4.79 Å². The number of hydrogen-bond acceptors (Lipinski definition) is 4. The Balaban J connectivity index is 2.82. The SMILES string of the molecule is CCCCC(=O)Oc1cc(Cl)ccc1NC(=O)OC(C)(C)C. The second-order valence-electron chi connectivity index (χ2n) is 5.84. The van der Waals surface area contributed by atoms with Gasteiger partial charge in [-0.3, -0.25) is 10.1 Å². The molecule has 5 nitrogen and oxygen atoms in total. The number of nitrogens with one attached hydrogen (secondary N) is 1. The number of unbranched alkanes of at least 4 members (excludes halogenated alkanes) is 1. The molecule has 0 fully saturated rings. The number of benzene rings is 1. The first-order valence-electron chi connectivity index (χ1n) is 7.21. The molecule has 0 saturated heterocycles. The molecule has 0 atom stereocenters. The van der Waals surface area contributed by atoms with Gasteiger partial charge in [-0.05, 0) is 39.3 Å². The lowest BCUT2D eigenvalue weighted by Crippen LogP contribution is -2.27. The maximum Gasteiger partial charge on any atom is 0.412 e. The zero-order valence-electron chi connectivity index (χ0n) is 13.4. The standard InChI is InChI=1S/C16H22ClNO4/c1-5-6-7-14(19)21-13-10-11(17)8-9-12(13)18-15(20)22-16(2,3)4/h8-10H,5-7H2,1-4H3,(H,18,20). The van der Waals surface area contributed by atoms with E-state index in [2.05, 4.69) is 5.32 Å². The van der Waals surface area contributed by atoms with E-state index in [9.17, 15) is 9.59 Å². The number of amides is 1. The Hall–Kier alpha value is -1.75.